The van der Waals surface area contributed by atoms with Crippen molar-refractivity contribution in [2.45, 2.75) is 32.1 Å². The van der Waals surface area contributed by atoms with Crippen molar-refractivity contribution in [2.24, 2.45) is 0 Å². The SMILES string of the molecule is CC(=O)N1C(C(=O)O)CCN2C(=O)c3c(O)c(=O)ccn3CC21. The largest absolute Gasteiger partial charge is 0.503 e. The lowest BCUT2D eigenvalue weighted by atomic mass is 10.0. The van der Waals surface area contributed by atoms with Gasteiger partial charge in [-0.25, -0.2) is 4.79 Å². The van der Waals surface area contributed by atoms with Crippen LogP contribution in [0.25, 0.3) is 0 Å². The molecule has 0 aromatic carbocycles. The third-order valence-corrected chi connectivity index (χ3v) is 4.28. The molecule has 23 heavy (non-hydrogen) atoms. The number of hydrogen-bond acceptors (Lipinski definition) is 5. The number of amides is 2. The molecule has 1 fully saturated rings. The monoisotopic (exact) mass is 321 g/mol. The number of carbonyl (C=O) groups excluding carboxylic acids is 2. The summed E-state index contributed by atoms with van der Waals surface area (Å²) in [5.41, 5.74) is -0.794. The van der Waals surface area contributed by atoms with Gasteiger partial charge in [0.15, 0.2) is 11.4 Å². The number of carboxylic acids is 1. The van der Waals surface area contributed by atoms with Crippen LogP contribution in [0.1, 0.15) is 23.8 Å². The summed E-state index contributed by atoms with van der Waals surface area (Å²) in [7, 11) is 0. The summed E-state index contributed by atoms with van der Waals surface area (Å²) in [6.45, 7) is 1.48. The molecule has 0 bridgehead atoms. The Morgan fingerprint density at radius 1 is 1.30 bits per heavy atom. The van der Waals surface area contributed by atoms with Crippen molar-refractivity contribution in [3.8, 4) is 5.75 Å². The number of rotatable bonds is 1. The molecule has 9 heteroatoms. The molecule has 2 atom stereocenters. The smallest absolute Gasteiger partial charge is 0.326 e. The molecule has 0 spiro atoms. The van der Waals surface area contributed by atoms with Crippen molar-refractivity contribution >= 4 is 17.8 Å². The molecular weight excluding hydrogens is 306 g/mol. The van der Waals surface area contributed by atoms with Gasteiger partial charge in [0.1, 0.15) is 12.2 Å². The zero-order valence-electron chi connectivity index (χ0n) is 12.3. The van der Waals surface area contributed by atoms with Gasteiger partial charge in [0, 0.05) is 25.7 Å². The van der Waals surface area contributed by atoms with Crippen molar-refractivity contribution in [2.75, 3.05) is 6.54 Å². The summed E-state index contributed by atoms with van der Waals surface area (Å²) in [5, 5.41) is 19.2. The Labute approximate surface area is 130 Å². The van der Waals surface area contributed by atoms with Gasteiger partial charge in [0.2, 0.25) is 11.3 Å². The van der Waals surface area contributed by atoms with Crippen LogP contribution in [0, 0.1) is 0 Å². The van der Waals surface area contributed by atoms with Crippen LogP contribution in [-0.4, -0.2) is 61.1 Å². The molecule has 2 aliphatic heterocycles. The molecule has 1 aromatic heterocycles. The highest BCUT2D eigenvalue weighted by Crippen LogP contribution is 2.29. The Morgan fingerprint density at radius 3 is 2.61 bits per heavy atom. The van der Waals surface area contributed by atoms with Crippen LogP contribution in [0.4, 0.5) is 0 Å². The first-order valence-electron chi connectivity index (χ1n) is 7.08. The number of aromatic hydroxyl groups is 1. The van der Waals surface area contributed by atoms with E-state index in [2.05, 4.69) is 0 Å². The molecule has 1 saturated heterocycles. The lowest BCUT2D eigenvalue weighted by Crippen LogP contribution is -2.66. The van der Waals surface area contributed by atoms with E-state index in [9.17, 15) is 29.4 Å². The van der Waals surface area contributed by atoms with Gasteiger partial charge in [-0.2, -0.15) is 0 Å². The van der Waals surface area contributed by atoms with E-state index in [0.29, 0.717) is 0 Å². The van der Waals surface area contributed by atoms with Crippen LogP contribution in [0.5, 0.6) is 5.75 Å². The van der Waals surface area contributed by atoms with E-state index < -0.39 is 41.2 Å². The second-order valence-corrected chi connectivity index (χ2v) is 5.58. The summed E-state index contributed by atoms with van der Waals surface area (Å²) in [5.74, 6) is -2.80. The third-order valence-electron chi connectivity index (χ3n) is 4.28. The Hall–Kier alpha value is -2.84. The van der Waals surface area contributed by atoms with E-state index in [-0.39, 0.29) is 25.2 Å². The van der Waals surface area contributed by atoms with Crippen molar-refractivity contribution in [1.82, 2.24) is 14.4 Å². The van der Waals surface area contributed by atoms with Gasteiger partial charge in [-0.1, -0.05) is 0 Å². The fraction of sp³-hybridized carbons (Fsp3) is 0.429. The number of hydrogen-bond donors (Lipinski definition) is 2. The van der Waals surface area contributed by atoms with Gasteiger partial charge in [-0.05, 0) is 6.42 Å². The molecule has 122 valence electrons. The normalized spacial score (nSPS) is 23.3. The Morgan fingerprint density at radius 2 is 2.00 bits per heavy atom. The lowest BCUT2D eigenvalue weighted by Gasteiger charge is -2.49. The predicted octanol–water partition coefficient (Wildman–Crippen LogP) is -0.959. The highest BCUT2D eigenvalue weighted by molar-refractivity contribution is 5.96. The maximum atomic E-state index is 12.6. The van der Waals surface area contributed by atoms with Crippen molar-refractivity contribution < 1.29 is 24.6 Å². The molecule has 1 aromatic rings. The Kier molecular flexibility index (Phi) is 3.35. The minimum atomic E-state index is -1.12. The Balaban J connectivity index is 2.09. The first-order chi connectivity index (χ1) is 10.8. The minimum Gasteiger partial charge on any atom is -0.503 e. The molecule has 9 nitrogen and oxygen atoms in total. The molecule has 2 N–H and O–H groups in total. The number of fused-ring (bicyclic) bond motifs is 2. The van der Waals surface area contributed by atoms with Crippen molar-refractivity contribution in [3.63, 3.8) is 0 Å². The van der Waals surface area contributed by atoms with Crippen molar-refractivity contribution in [1.29, 1.82) is 0 Å². The predicted molar refractivity (Wildman–Crippen MR) is 75.8 cm³/mol. The number of nitrogens with zero attached hydrogens (tertiary/aromatic N) is 3. The van der Waals surface area contributed by atoms with Crippen molar-refractivity contribution in [3.05, 3.63) is 28.2 Å². The second-order valence-electron chi connectivity index (χ2n) is 5.58. The summed E-state index contributed by atoms with van der Waals surface area (Å²) in [6.07, 6.45) is 0.689. The molecule has 2 amide bonds. The van der Waals surface area contributed by atoms with Crippen LogP contribution in [0.2, 0.25) is 0 Å². The number of aliphatic carboxylic acids is 1. The topological polar surface area (TPSA) is 120 Å². The van der Waals surface area contributed by atoms with Gasteiger partial charge >= 0.3 is 5.97 Å². The van der Waals surface area contributed by atoms with Gasteiger partial charge < -0.3 is 24.6 Å². The zero-order chi connectivity index (χ0) is 16.9. The average molecular weight is 321 g/mol. The number of carbonyl (C=O) groups is 3. The number of carboxylic acid groups (broad SMARTS) is 1. The van der Waals surface area contributed by atoms with E-state index in [1.54, 1.807) is 0 Å². The molecule has 2 aliphatic rings. The maximum absolute atomic E-state index is 12.6. The number of aromatic nitrogens is 1. The van der Waals surface area contributed by atoms with E-state index in [4.69, 9.17) is 0 Å². The van der Waals surface area contributed by atoms with Gasteiger partial charge in [0.05, 0.1) is 6.54 Å². The van der Waals surface area contributed by atoms with E-state index >= 15 is 0 Å². The minimum absolute atomic E-state index is 0.0922. The van der Waals surface area contributed by atoms with E-state index in [1.165, 1.54) is 27.5 Å². The summed E-state index contributed by atoms with van der Waals surface area (Å²) in [6, 6.07) is 0.119. The fourth-order valence-electron chi connectivity index (χ4n) is 3.25. The van der Waals surface area contributed by atoms with E-state index in [0.717, 1.165) is 6.07 Å². The summed E-state index contributed by atoms with van der Waals surface area (Å²) >= 11 is 0. The summed E-state index contributed by atoms with van der Waals surface area (Å²) in [4.78, 5) is 49.9. The Bertz CT molecular complexity index is 770. The van der Waals surface area contributed by atoms with Gasteiger partial charge in [-0.3, -0.25) is 14.4 Å². The van der Waals surface area contributed by atoms with Gasteiger partial charge in [0.25, 0.3) is 5.91 Å². The van der Waals surface area contributed by atoms with Crippen LogP contribution in [-0.2, 0) is 16.1 Å². The molecule has 3 rings (SSSR count). The van der Waals surface area contributed by atoms with Crippen LogP contribution >= 0.6 is 0 Å². The molecule has 0 radical (unpaired) electrons. The standard InChI is InChI=1S/C14H15N3O6/c1-7(18)17-8(14(22)23)2-5-16-10(17)6-15-4-3-9(19)12(20)11(15)13(16)21/h3-4,8,10,20H,2,5-6H2,1H3,(H,22,23). The highest BCUT2D eigenvalue weighted by Gasteiger charge is 2.46. The number of pyridine rings is 1. The van der Waals surface area contributed by atoms with E-state index in [1.807, 2.05) is 0 Å². The highest BCUT2D eigenvalue weighted by atomic mass is 16.4. The molecule has 0 saturated carbocycles. The third kappa shape index (κ3) is 2.16. The zero-order valence-corrected chi connectivity index (χ0v) is 12.3. The summed E-state index contributed by atoms with van der Waals surface area (Å²) < 4.78 is 1.38. The molecule has 0 aliphatic carbocycles. The molecular formula is C14H15N3O6. The van der Waals surface area contributed by atoms with Gasteiger partial charge in [-0.15, -0.1) is 0 Å². The average Bonchev–Trinajstić information content (AvgIpc) is 2.49. The maximum Gasteiger partial charge on any atom is 0.326 e. The lowest BCUT2D eigenvalue weighted by molar-refractivity contribution is -0.160. The first-order valence-corrected chi connectivity index (χ1v) is 7.08. The van der Waals surface area contributed by atoms with Crippen LogP contribution < -0.4 is 5.43 Å². The second kappa shape index (κ2) is 5.11. The van der Waals surface area contributed by atoms with Crippen LogP contribution in [0.15, 0.2) is 17.1 Å². The molecule has 3 heterocycles. The molecule has 2 unspecified atom stereocenters. The fourth-order valence-corrected chi connectivity index (χ4v) is 3.25. The van der Waals surface area contributed by atoms with Crippen LogP contribution in [0.3, 0.4) is 0 Å². The first kappa shape index (κ1) is 15.1. The quantitative estimate of drug-likeness (QED) is 0.687.